The molecule has 0 spiro atoms. The number of carbonyl (C=O) groups excluding carboxylic acids is 2. The molecule has 2 aromatic rings. The van der Waals surface area contributed by atoms with Crippen LogP contribution in [0.2, 0.25) is 0 Å². The maximum Gasteiger partial charge on any atom is 0.227 e. The predicted molar refractivity (Wildman–Crippen MR) is 131 cm³/mol. The molecule has 5 heteroatoms. The average molecular weight is 449 g/mol. The molecule has 2 aliphatic heterocycles. The van der Waals surface area contributed by atoms with Crippen LogP contribution < -0.4 is 0 Å². The molecular formula is C28H36N2O3. The van der Waals surface area contributed by atoms with E-state index in [1.165, 1.54) is 0 Å². The molecule has 4 rings (SSSR count). The molecule has 2 aromatic carbocycles. The van der Waals surface area contributed by atoms with Gasteiger partial charge in [-0.15, -0.1) is 0 Å². The number of nitrogens with zero attached hydrogens (tertiary/aromatic N) is 2. The Morgan fingerprint density at radius 3 is 2.61 bits per heavy atom. The molecule has 5 nitrogen and oxygen atoms in total. The highest BCUT2D eigenvalue weighted by Crippen LogP contribution is 2.27. The summed E-state index contributed by atoms with van der Waals surface area (Å²) in [5.41, 5.74) is 3.48. The van der Waals surface area contributed by atoms with Gasteiger partial charge in [0.25, 0.3) is 0 Å². The van der Waals surface area contributed by atoms with Crippen molar-refractivity contribution < 1.29 is 14.3 Å². The first kappa shape index (κ1) is 23.5. The molecule has 33 heavy (non-hydrogen) atoms. The Hall–Kier alpha value is -2.66. The molecule has 2 fully saturated rings. The van der Waals surface area contributed by atoms with Crippen LogP contribution in [0.1, 0.15) is 44.6 Å². The van der Waals surface area contributed by atoms with E-state index >= 15 is 0 Å². The van der Waals surface area contributed by atoms with Crippen molar-refractivity contribution in [2.75, 3.05) is 32.8 Å². The second-order valence-corrected chi connectivity index (χ2v) is 9.26. The first-order valence-corrected chi connectivity index (χ1v) is 12.5. The van der Waals surface area contributed by atoms with E-state index in [2.05, 4.69) is 31.2 Å². The lowest BCUT2D eigenvalue weighted by atomic mass is 9.91. The van der Waals surface area contributed by atoms with Crippen LogP contribution in [0.25, 0.3) is 11.1 Å². The fraction of sp³-hybridized carbons (Fsp3) is 0.500. The molecule has 2 amide bonds. The summed E-state index contributed by atoms with van der Waals surface area (Å²) < 4.78 is 5.70. The lowest BCUT2D eigenvalue weighted by Crippen LogP contribution is -2.38. The van der Waals surface area contributed by atoms with Crippen molar-refractivity contribution in [3.63, 3.8) is 0 Å². The fourth-order valence-electron chi connectivity index (χ4n) is 5.09. The highest BCUT2D eigenvalue weighted by atomic mass is 16.5. The minimum Gasteiger partial charge on any atom is -0.378 e. The summed E-state index contributed by atoms with van der Waals surface area (Å²) in [5.74, 6) is 0.0997. The van der Waals surface area contributed by atoms with E-state index in [4.69, 9.17) is 4.74 Å². The summed E-state index contributed by atoms with van der Waals surface area (Å²) in [5, 5.41) is 0. The van der Waals surface area contributed by atoms with Gasteiger partial charge in [0.2, 0.25) is 11.8 Å². The monoisotopic (exact) mass is 448 g/mol. The van der Waals surface area contributed by atoms with Gasteiger partial charge in [-0.1, -0.05) is 61.5 Å². The zero-order valence-corrected chi connectivity index (χ0v) is 19.7. The summed E-state index contributed by atoms with van der Waals surface area (Å²) in [4.78, 5) is 30.5. The Morgan fingerprint density at radius 1 is 1.06 bits per heavy atom. The predicted octanol–water partition coefficient (Wildman–Crippen LogP) is 4.55. The SMILES string of the molecule is CCCN1CCN(C(=O)CC[C@@H]2CCCO2)C[C@@H](Cc2ccccc2-c2ccccc2)C1=O. The molecule has 0 aromatic heterocycles. The maximum absolute atomic E-state index is 13.5. The smallest absolute Gasteiger partial charge is 0.227 e. The third-order valence-corrected chi connectivity index (χ3v) is 6.86. The zero-order valence-electron chi connectivity index (χ0n) is 19.7. The Bertz CT molecular complexity index is 924. The van der Waals surface area contributed by atoms with E-state index < -0.39 is 0 Å². The van der Waals surface area contributed by atoms with Gasteiger partial charge in [-0.2, -0.15) is 0 Å². The molecule has 0 unspecified atom stereocenters. The minimum absolute atomic E-state index is 0.151. The lowest BCUT2D eigenvalue weighted by Gasteiger charge is -2.25. The number of carbonyl (C=O) groups is 2. The van der Waals surface area contributed by atoms with Crippen LogP contribution in [-0.2, 0) is 20.7 Å². The van der Waals surface area contributed by atoms with Crippen molar-refractivity contribution in [1.82, 2.24) is 9.80 Å². The number of benzene rings is 2. The van der Waals surface area contributed by atoms with Crippen molar-refractivity contribution in [3.8, 4) is 11.1 Å². The quantitative estimate of drug-likeness (QED) is 0.595. The molecule has 2 aliphatic rings. The second kappa shape index (κ2) is 11.5. The molecule has 0 bridgehead atoms. The Labute approximate surface area is 197 Å². The largest absolute Gasteiger partial charge is 0.378 e. The van der Waals surface area contributed by atoms with Crippen molar-refractivity contribution in [3.05, 3.63) is 60.2 Å². The van der Waals surface area contributed by atoms with Crippen LogP contribution in [0, 0.1) is 5.92 Å². The Balaban J connectivity index is 1.52. The third kappa shape index (κ3) is 6.02. The number of rotatable bonds is 8. The van der Waals surface area contributed by atoms with Gasteiger partial charge in [-0.05, 0) is 48.8 Å². The highest BCUT2D eigenvalue weighted by Gasteiger charge is 2.32. The first-order valence-electron chi connectivity index (χ1n) is 12.5. The van der Waals surface area contributed by atoms with Crippen LogP contribution in [0.3, 0.4) is 0 Å². The van der Waals surface area contributed by atoms with Crippen LogP contribution in [0.5, 0.6) is 0 Å². The Morgan fingerprint density at radius 2 is 1.85 bits per heavy atom. The molecule has 2 saturated heterocycles. The summed E-state index contributed by atoms with van der Waals surface area (Å²) in [6, 6.07) is 18.7. The summed E-state index contributed by atoms with van der Waals surface area (Å²) >= 11 is 0. The molecule has 2 atom stereocenters. The number of hydrogen-bond donors (Lipinski definition) is 0. The second-order valence-electron chi connectivity index (χ2n) is 9.26. The highest BCUT2D eigenvalue weighted by molar-refractivity contribution is 5.83. The van der Waals surface area contributed by atoms with Gasteiger partial charge in [0, 0.05) is 39.2 Å². The number of amides is 2. The maximum atomic E-state index is 13.5. The molecule has 0 radical (unpaired) electrons. The van der Waals surface area contributed by atoms with Crippen LogP contribution in [0.15, 0.2) is 54.6 Å². The third-order valence-electron chi connectivity index (χ3n) is 6.86. The molecule has 176 valence electrons. The Kier molecular flexibility index (Phi) is 8.16. The average Bonchev–Trinajstić information content (AvgIpc) is 3.32. The normalized spacial score (nSPS) is 21.3. The van der Waals surface area contributed by atoms with E-state index in [-0.39, 0.29) is 23.8 Å². The van der Waals surface area contributed by atoms with Gasteiger partial charge in [-0.25, -0.2) is 0 Å². The van der Waals surface area contributed by atoms with Gasteiger partial charge in [0.1, 0.15) is 0 Å². The van der Waals surface area contributed by atoms with E-state index in [0.717, 1.165) is 55.5 Å². The summed E-state index contributed by atoms with van der Waals surface area (Å²) in [7, 11) is 0. The van der Waals surface area contributed by atoms with Gasteiger partial charge >= 0.3 is 0 Å². The van der Waals surface area contributed by atoms with Crippen LogP contribution in [0.4, 0.5) is 0 Å². The minimum atomic E-state index is -0.226. The van der Waals surface area contributed by atoms with Crippen LogP contribution >= 0.6 is 0 Å². The van der Waals surface area contributed by atoms with Gasteiger partial charge in [-0.3, -0.25) is 9.59 Å². The summed E-state index contributed by atoms with van der Waals surface area (Å²) in [6.07, 6.45) is 5.20. The number of hydrogen-bond acceptors (Lipinski definition) is 3. The van der Waals surface area contributed by atoms with E-state index in [1.807, 2.05) is 40.1 Å². The van der Waals surface area contributed by atoms with E-state index in [0.29, 0.717) is 32.5 Å². The van der Waals surface area contributed by atoms with Gasteiger partial charge in [0.05, 0.1) is 12.0 Å². The van der Waals surface area contributed by atoms with Crippen molar-refractivity contribution >= 4 is 11.8 Å². The summed E-state index contributed by atoms with van der Waals surface area (Å²) in [6.45, 7) is 5.39. The first-order chi connectivity index (χ1) is 16.2. The molecule has 0 aliphatic carbocycles. The molecule has 0 N–H and O–H groups in total. The van der Waals surface area contributed by atoms with Gasteiger partial charge < -0.3 is 14.5 Å². The lowest BCUT2D eigenvalue weighted by molar-refractivity contribution is -0.135. The van der Waals surface area contributed by atoms with E-state index in [9.17, 15) is 9.59 Å². The van der Waals surface area contributed by atoms with Crippen molar-refractivity contribution in [1.29, 1.82) is 0 Å². The van der Waals surface area contributed by atoms with Crippen molar-refractivity contribution in [2.24, 2.45) is 5.92 Å². The van der Waals surface area contributed by atoms with Gasteiger partial charge in [0.15, 0.2) is 0 Å². The van der Waals surface area contributed by atoms with Crippen molar-refractivity contribution in [2.45, 2.75) is 51.6 Å². The molecule has 0 saturated carbocycles. The standard InChI is InChI=1S/C28H36N2O3/c1-2-16-29-17-18-30(27(31)15-14-25-12-8-19-33-25)21-24(28(29)32)20-23-11-6-7-13-26(23)22-9-4-3-5-10-22/h3-7,9-11,13,24-25H,2,8,12,14-21H2,1H3/t24-,25+/m1/s1. The molecular weight excluding hydrogens is 412 g/mol. The van der Waals surface area contributed by atoms with Crippen LogP contribution in [-0.4, -0.2) is 60.5 Å². The fourth-order valence-corrected chi connectivity index (χ4v) is 5.09. The number of ether oxygens (including phenoxy) is 1. The zero-order chi connectivity index (χ0) is 23.0. The topological polar surface area (TPSA) is 49.9 Å². The molecule has 2 heterocycles. The van der Waals surface area contributed by atoms with E-state index in [1.54, 1.807) is 0 Å².